The molecule has 0 spiro atoms. The minimum absolute atomic E-state index is 0.180. The number of carbonyl (C=O) groups is 1. The molecule has 0 aliphatic carbocycles. The number of nitrogens with zero attached hydrogens (tertiary/aromatic N) is 1. The van der Waals surface area contributed by atoms with E-state index in [1.807, 2.05) is 24.4 Å². The zero-order valence-corrected chi connectivity index (χ0v) is 14.5. The number of hydrogen-bond acceptors (Lipinski definition) is 3. The highest BCUT2D eigenvalue weighted by Crippen LogP contribution is 2.40. The highest BCUT2D eigenvalue weighted by molar-refractivity contribution is 7.13. The molecule has 2 heterocycles. The summed E-state index contributed by atoms with van der Waals surface area (Å²) in [5.74, 6) is -2.24. The van der Waals surface area contributed by atoms with Gasteiger partial charge in [-0.25, -0.2) is 9.18 Å². The van der Waals surface area contributed by atoms with Crippen LogP contribution < -0.4 is 0 Å². The second kappa shape index (κ2) is 6.00. The first-order chi connectivity index (χ1) is 12.5. The van der Waals surface area contributed by atoms with E-state index < -0.39 is 17.5 Å². The van der Waals surface area contributed by atoms with Crippen LogP contribution in [0.1, 0.15) is 15.9 Å². The summed E-state index contributed by atoms with van der Waals surface area (Å²) >= 11 is 1.44. The first kappa shape index (κ1) is 16.4. The van der Waals surface area contributed by atoms with Crippen molar-refractivity contribution in [1.29, 1.82) is 0 Å². The van der Waals surface area contributed by atoms with Crippen molar-refractivity contribution in [3.8, 4) is 22.0 Å². The maximum absolute atomic E-state index is 14.0. The van der Waals surface area contributed by atoms with Crippen LogP contribution >= 0.6 is 11.3 Å². The van der Waals surface area contributed by atoms with Crippen molar-refractivity contribution < 1.29 is 19.4 Å². The highest BCUT2D eigenvalue weighted by Gasteiger charge is 2.26. The lowest BCUT2D eigenvalue weighted by molar-refractivity contribution is 0.0700. The van der Waals surface area contributed by atoms with Gasteiger partial charge in [0.1, 0.15) is 0 Å². The van der Waals surface area contributed by atoms with E-state index in [4.69, 9.17) is 0 Å². The van der Waals surface area contributed by atoms with Crippen LogP contribution in [-0.4, -0.2) is 20.7 Å². The van der Waals surface area contributed by atoms with Crippen LogP contribution in [0.3, 0.4) is 0 Å². The summed E-state index contributed by atoms with van der Waals surface area (Å²) in [5, 5.41) is 21.9. The first-order valence-corrected chi connectivity index (χ1v) is 8.77. The van der Waals surface area contributed by atoms with Crippen LogP contribution in [0, 0.1) is 12.7 Å². The predicted octanol–water partition coefficient (Wildman–Crippen LogP) is 5.21. The zero-order chi connectivity index (χ0) is 18.4. The second-order valence-corrected chi connectivity index (χ2v) is 6.87. The fraction of sp³-hybridized carbons (Fsp3) is 0.0500. The summed E-state index contributed by atoms with van der Waals surface area (Å²) in [6.45, 7) is 1.91. The van der Waals surface area contributed by atoms with Crippen molar-refractivity contribution in [3.05, 3.63) is 70.9 Å². The van der Waals surface area contributed by atoms with Gasteiger partial charge in [0.05, 0.1) is 21.7 Å². The average molecular weight is 367 g/mol. The lowest BCUT2D eigenvalue weighted by Crippen LogP contribution is -2.02. The van der Waals surface area contributed by atoms with Gasteiger partial charge in [0.2, 0.25) is 0 Å². The number of para-hydroxylation sites is 1. The molecule has 0 saturated carbocycles. The van der Waals surface area contributed by atoms with Crippen LogP contribution in [0.5, 0.6) is 5.75 Å². The number of phenolic OH excluding ortho intramolecular Hbond substituents is 1. The third-order valence-electron chi connectivity index (χ3n) is 4.36. The Morgan fingerprint density at radius 3 is 2.58 bits per heavy atom. The lowest BCUT2D eigenvalue weighted by Gasteiger charge is -2.12. The third kappa shape index (κ3) is 2.38. The number of halogens is 1. The van der Waals surface area contributed by atoms with Crippen LogP contribution in [-0.2, 0) is 0 Å². The number of fused-ring (bicyclic) bond motifs is 1. The Labute approximate surface area is 152 Å². The summed E-state index contributed by atoms with van der Waals surface area (Å²) in [4.78, 5) is 12.9. The van der Waals surface area contributed by atoms with E-state index in [9.17, 15) is 19.4 Å². The minimum atomic E-state index is -1.04. The molecule has 4 nitrogen and oxygen atoms in total. The standard InChI is InChI=1S/C20H14FNO3S/c1-11-8-9-26-19(11)18-17(20(24)25)13-4-2-3-5-15(13)22(18)12-6-7-16(23)14(21)10-12/h2-10,23H,1H3,(H,24,25). The molecule has 0 atom stereocenters. The molecule has 0 saturated heterocycles. The van der Waals surface area contributed by atoms with Crippen molar-refractivity contribution in [2.45, 2.75) is 6.92 Å². The molecule has 0 aliphatic heterocycles. The number of aryl methyl sites for hydroxylation is 1. The number of carboxylic acids is 1. The Balaban J connectivity index is 2.19. The fourth-order valence-corrected chi connectivity index (χ4v) is 4.16. The number of aromatic carboxylic acids is 1. The predicted molar refractivity (Wildman–Crippen MR) is 99.9 cm³/mol. The number of aromatic hydroxyl groups is 1. The Bertz CT molecular complexity index is 1160. The number of phenols is 1. The molecule has 26 heavy (non-hydrogen) atoms. The lowest BCUT2D eigenvalue weighted by atomic mass is 10.1. The molecule has 0 bridgehead atoms. The number of thiophene rings is 1. The van der Waals surface area contributed by atoms with Crippen LogP contribution in [0.25, 0.3) is 27.2 Å². The summed E-state index contributed by atoms with van der Waals surface area (Å²) < 4.78 is 15.7. The molecule has 4 rings (SSSR count). The topological polar surface area (TPSA) is 62.5 Å². The number of carboxylic acid groups (broad SMARTS) is 1. The van der Waals surface area contributed by atoms with Gasteiger partial charge in [-0.3, -0.25) is 0 Å². The minimum Gasteiger partial charge on any atom is -0.505 e. The monoisotopic (exact) mass is 367 g/mol. The third-order valence-corrected chi connectivity index (χ3v) is 5.38. The molecule has 2 aromatic carbocycles. The largest absolute Gasteiger partial charge is 0.505 e. The SMILES string of the molecule is Cc1ccsc1-c1c(C(=O)O)c2ccccc2n1-c1ccc(O)c(F)c1. The van der Waals surface area contributed by atoms with Crippen LogP contribution in [0.2, 0.25) is 0 Å². The summed E-state index contributed by atoms with van der Waals surface area (Å²) in [5.41, 5.74) is 2.75. The number of rotatable bonds is 3. The summed E-state index contributed by atoms with van der Waals surface area (Å²) in [6, 6.07) is 13.1. The van der Waals surface area contributed by atoms with Gasteiger partial charge in [0.25, 0.3) is 0 Å². The van der Waals surface area contributed by atoms with Gasteiger partial charge >= 0.3 is 5.97 Å². The van der Waals surface area contributed by atoms with E-state index in [0.29, 0.717) is 22.3 Å². The van der Waals surface area contributed by atoms with Crippen molar-refractivity contribution >= 4 is 28.2 Å². The van der Waals surface area contributed by atoms with E-state index in [1.165, 1.54) is 23.5 Å². The van der Waals surface area contributed by atoms with Crippen LogP contribution in [0.15, 0.2) is 53.9 Å². The Hall–Kier alpha value is -3.12. The number of aromatic nitrogens is 1. The smallest absolute Gasteiger partial charge is 0.338 e. The van der Waals surface area contributed by atoms with Crippen molar-refractivity contribution in [3.63, 3.8) is 0 Å². The molecule has 2 N–H and O–H groups in total. The van der Waals surface area contributed by atoms with Gasteiger partial charge in [-0.1, -0.05) is 18.2 Å². The molecule has 0 fully saturated rings. The molecule has 6 heteroatoms. The van der Waals surface area contributed by atoms with Crippen LogP contribution in [0.4, 0.5) is 4.39 Å². The molecule has 0 aliphatic rings. The molecule has 0 radical (unpaired) electrons. The highest BCUT2D eigenvalue weighted by atomic mass is 32.1. The van der Waals surface area contributed by atoms with Crippen molar-refractivity contribution in [2.75, 3.05) is 0 Å². The molecule has 130 valence electrons. The van der Waals surface area contributed by atoms with E-state index in [-0.39, 0.29) is 5.56 Å². The normalized spacial score (nSPS) is 11.2. The summed E-state index contributed by atoms with van der Waals surface area (Å²) in [6.07, 6.45) is 0. The van der Waals surface area contributed by atoms with E-state index in [1.54, 1.807) is 28.8 Å². The first-order valence-electron chi connectivity index (χ1n) is 7.89. The summed E-state index contributed by atoms with van der Waals surface area (Å²) in [7, 11) is 0. The Kier molecular flexibility index (Phi) is 3.77. The number of benzene rings is 2. The molecular formula is C20H14FNO3S. The second-order valence-electron chi connectivity index (χ2n) is 5.95. The fourth-order valence-electron chi connectivity index (χ4n) is 3.19. The van der Waals surface area contributed by atoms with Gasteiger partial charge in [-0.2, -0.15) is 0 Å². The zero-order valence-electron chi connectivity index (χ0n) is 13.7. The van der Waals surface area contributed by atoms with Gasteiger partial charge in [-0.05, 0) is 42.1 Å². The molecule has 2 aromatic heterocycles. The average Bonchev–Trinajstić information content (AvgIpc) is 3.18. The van der Waals surface area contributed by atoms with Gasteiger partial charge in [-0.15, -0.1) is 11.3 Å². The Morgan fingerprint density at radius 1 is 1.15 bits per heavy atom. The van der Waals surface area contributed by atoms with E-state index in [2.05, 4.69) is 0 Å². The molecule has 4 aromatic rings. The molecule has 0 unspecified atom stereocenters. The number of hydrogen-bond donors (Lipinski definition) is 2. The van der Waals surface area contributed by atoms with Gasteiger partial charge in [0, 0.05) is 17.1 Å². The van der Waals surface area contributed by atoms with Crippen molar-refractivity contribution in [2.24, 2.45) is 0 Å². The van der Waals surface area contributed by atoms with Crippen molar-refractivity contribution in [1.82, 2.24) is 4.57 Å². The Morgan fingerprint density at radius 2 is 1.92 bits per heavy atom. The van der Waals surface area contributed by atoms with E-state index >= 15 is 0 Å². The van der Waals surface area contributed by atoms with Gasteiger partial charge in [0.15, 0.2) is 11.6 Å². The molecular weight excluding hydrogens is 353 g/mol. The maximum Gasteiger partial charge on any atom is 0.338 e. The molecule has 0 amide bonds. The van der Waals surface area contributed by atoms with E-state index in [0.717, 1.165) is 10.4 Å². The van der Waals surface area contributed by atoms with Gasteiger partial charge < -0.3 is 14.8 Å². The maximum atomic E-state index is 14.0. The quantitative estimate of drug-likeness (QED) is 0.522.